The molecule has 1 fully saturated rings. The molecule has 0 saturated heterocycles. The summed E-state index contributed by atoms with van der Waals surface area (Å²) in [6.07, 6.45) is 5.67. The van der Waals surface area contributed by atoms with E-state index < -0.39 is 5.97 Å². The molecule has 0 unspecified atom stereocenters. The van der Waals surface area contributed by atoms with Crippen LogP contribution in [-0.4, -0.2) is 40.7 Å². The van der Waals surface area contributed by atoms with E-state index in [2.05, 4.69) is 11.9 Å². The summed E-state index contributed by atoms with van der Waals surface area (Å²) in [6.45, 7) is 1.50. The molecular formula is C19H25N3O4S. The second kappa shape index (κ2) is 7.24. The zero-order chi connectivity index (χ0) is 19.1. The molecular weight excluding hydrogens is 366 g/mol. The number of aromatic nitrogens is 2. The third kappa shape index (κ3) is 3.14. The molecule has 4 rings (SSSR count). The van der Waals surface area contributed by atoms with Crippen LogP contribution in [-0.2, 0) is 29.0 Å². The van der Waals surface area contributed by atoms with E-state index in [1.807, 2.05) is 0 Å². The number of rotatable bonds is 3. The van der Waals surface area contributed by atoms with Crippen molar-refractivity contribution in [3.8, 4) is 0 Å². The summed E-state index contributed by atoms with van der Waals surface area (Å²) in [5.74, 6) is -0.476. The Bertz CT molecular complexity index is 997. The minimum atomic E-state index is -0.476. The van der Waals surface area contributed by atoms with Gasteiger partial charge in [-0.15, -0.1) is 11.3 Å². The Morgan fingerprint density at radius 2 is 1.96 bits per heavy atom. The first-order valence-corrected chi connectivity index (χ1v) is 10.4. The van der Waals surface area contributed by atoms with Gasteiger partial charge >= 0.3 is 11.7 Å². The van der Waals surface area contributed by atoms with Crippen LogP contribution >= 0.6 is 11.3 Å². The molecule has 7 nitrogen and oxygen atoms in total. The van der Waals surface area contributed by atoms with Crippen molar-refractivity contribution < 1.29 is 9.53 Å². The maximum atomic E-state index is 13.4. The van der Waals surface area contributed by atoms with Crippen LogP contribution in [0, 0.1) is 0 Å². The second-order valence-corrected chi connectivity index (χ2v) is 8.67. The Kier molecular flexibility index (Phi) is 4.94. The lowest BCUT2D eigenvalue weighted by atomic mass is 9.95. The highest BCUT2D eigenvalue weighted by Gasteiger charge is 2.28. The summed E-state index contributed by atoms with van der Waals surface area (Å²) in [5.41, 5.74) is 0.503. The number of carbonyl (C=O) groups excluding carboxylic acids is 1. The van der Waals surface area contributed by atoms with Crippen LogP contribution in [0.2, 0.25) is 0 Å². The third-order valence-corrected chi connectivity index (χ3v) is 7.04. The van der Waals surface area contributed by atoms with Crippen LogP contribution in [0.15, 0.2) is 9.59 Å². The smallest absolute Gasteiger partial charge is 0.332 e. The lowest BCUT2D eigenvalue weighted by Gasteiger charge is -2.24. The summed E-state index contributed by atoms with van der Waals surface area (Å²) < 4.78 is 7.69. The Morgan fingerprint density at radius 3 is 2.67 bits per heavy atom. The number of methoxy groups -OCH3 is 1. The molecule has 27 heavy (non-hydrogen) atoms. The van der Waals surface area contributed by atoms with Crippen molar-refractivity contribution in [2.45, 2.75) is 57.7 Å². The Balaban J connectivity index is 1.99. The van der Waals surface area contributed by atoms with Crippen molar-refractivity contribution >= 4 is 27.5 Å². The number of likely N-dealkylation sites (N-methyl/N-ethyl adjacent to an activating group) is 1. The van der Waals surface area contributed by atoms with Gasteiger partial charge in [0.05, 0.1) is 12.5 Å². The Labute approximate surface area is 161 Å². The zero-order valence-electron chi connectivity index (χ0n) is 15.8. The van der Waals surface area contributed by atoms with Gasteiger partial charge in [0.1, 0.15) is 11.4 Å². The number of nitrogens with zero attached hydrogens (tertiary/aromatic N) is 3. The molecule has 0 N–H and O–H groups in total. The summed E-state index contributed by atoms with van der Waals surface area (Å²) in [7, 11) is 3.37. The SMILES string of the molecule is COC(=O)Cn1c(=O)n(C2CCCCC2)c(=O)c2c3c(sc21)CN(C)CC3. The highest BCUT2D eigenvalue weighted by atomic mass is 32.1. The van der Waals surface area contributed by atoms with E-state index in [1.54, 1.807) is 0 Å². The highest BCUT2D eigenvalue weighted by molar-refractivity contribution is 7.18. The molecule has 1 aliphatic carbocycles. The first kappa shape index (κ1) is 18.4. The summed E-state index contributed by atoms with van der Waals surface area (Å²) in [5, 5.41) is 0.636. The Morgan fingerprint density at radius 1 is 1.22 bits per heavy atom. The molecule has 3 heterocycles. The summed E-state index contributed by atoms with van der Waals surface area (Å²) >= 11 is 1.47. The lowest BCUT2D eigenvalue weighted by molar-refractivity contribution is -0.141. The minimum absolute atomic E-state index is 0.0751. The first-order chi connectivity index (χ1) is 13.0. The molecule has 0 amide bonds. The molecule has 2 aromatic heterocycles. The predicted octanol–water partition coefficient (Wildman–Crippen LogP) is 1.89. The van der Waals surface area contributed by atoms with Gasteiger partial charge in [0, 0.05) is 24.0 Å². The molecule has 0 radical (unpaired) electrons. The number of carbonyl (C=O) groups is 1. The van der Waals surface area contributed by atoms with E-state index in [4.69, 9.17) is 4.74 Å². The minimum Gasteiger partial charge on any atom is -0.468 e. The van der Waals surface area contributed by atoms with E-state index in [-0.39, 0.29) is 23.8 Å². The van der Waals surface area contributed by atoms with E-state index in [0.29, 0.717) is 10.2 Å². The maximum Gasteiger partial charge on any atom is 0.332 e. The molecule has 2 aromatic rings. The second-order valence-electron chi connectivity index (χ2n) is 7.58. The van der Waals surface area contributed by atoms with Crippen LogP contribution in [0.5, 0.6) is 0 Å². The fraction of sp³-hybridized carbons (Fsp3) is 0.632. The fourth-order valence-corrected chi connectivity index (χ4v) is 5.76. The number of hydrogen-bond acceptors (Lipinski definition) is 6. The van der Waals surface area contributed by atoms with Crippen molar-refractivity contribution in [2.75, 3.05) is 20.7 Å². The lowest BCUT2D eigenvalue weighted by Crippen LogP contribution is -2.43. The van der Waals surface area contributed by atoms with Crippen molar-refractivity contribution in [3.05, 3.63) is 31.3 Å². The van der Waals surface area contributed by atoms with Gasteiger partial charge in [-0.1, -0.05) is 19.3 Å². The van der Waals surface area contributed by atoms with Gasteiger partial charge in [-0.25, -0.2) is 4.79 Å². The molecule has 0 bridgehead atoms. The molecule has 1 saturated carbocycles. The number of ether oxygens (including phenoxy) is 1. The normalized spacial score (nSPS) is 18.6. The fourth-order valence-electron chi connectivity index (χ4n) is 4.35. The molecule has 0 spiro atoms. The third-order valence-electron chi connectivity index (χ3n) is 5.80. The highest BCUT2D eigenvalue weighted by Crippen LogP contribution is 2.33. The summed E-state index contributed by atoms with van der Waals surface area (Å²) in [4.78, 5) is 42.6. The predicted molar refractivity (Wildman–Crippen MR) is 105 cm³/mol. The van der Waals surface area contributed by atoms with Crippen LogP contribution in [0.3, 0.4) is 0 Å². The standard InChI is InChI=1S/C19H25N3O4S/c1-20-9-8-13-14(10-20)27-18-16(13)17(24)22(12-6-4-3-5-7-12)19(25)21(18)11-15(23)26-2/h12H,3-11H2,1-2H3. The van der Waals surface area contributed by atoms with Gasteiger partial charge in [0.25, 0.3) is 5.56 Å². The maximum absolute atomic E-state index is 13.4. The average Bonchev–Trinajstić information content (AvgIpc) is 3.04. The van der Waals surface area contributed by atoms with Crippen molar-refractivity contribution in [3.63, 3.8) is 0 Å². The first-order valence-electron chi connectivity index (χ1n) is 9.56. The van der Waals surface area contributed by atoms with Gasteiger partial charge in [0.2, 0.25) is 0 Å². The van der Waals surface area contributed by atoms with Gasteiger partial charge in [0.15, 0.2) is 0 Å². The van der Waals surface area contributed by atoms with E-state index in [0.717, 1.165) is 62.1 Å². The zero-order valence-corrected chi connectivity index (χ0v) is 16.6. The summed E-state index contributed by atoms with van der Waals surface area (Å²) in [6, 6.07) is -0.0751. The molecule has 8 heteroatoms. The van der Waals surface area contributed by atoms with Gasteiger partial charge in [-0.3, -0.25) is 18.7 Å². The van der Waals surface area contributed by atoms with Crippen molar-refractivity contribution in [1.82, 2.24) is 14.0 Å². The number of hydrogen-bond donors (Lipinski definition) is 0. The van der Waals surface area contributed by atoms with E-state index >= 15 is 0 Å². The largest absolute Gasteiger partial charge is 0.468 e. The number of fused-ring (bicyclic) bond motifs is 3. The molecule has 1 aliphatic heterocycles. The van der Waals surface area contributed by atoms with Crippen LogP contribution < -0.4 is 11.2 Å². The van der Waals surface area contributed by atoms with E-state index in [9.17, 15) is 14.4 Å². The number of thiophene rings is 1. The van der Waals surface area contributed by atoms with Gasteiger partial charge in [-0.2, -0.15) is 0 Å². The van der Waals surface area contributed by atoms with Crippen molar-refractivity contribution in [1.29, 1.82) is 0 Å². The average molecular weight is 391 g/mol. The molecule has 0 atom stereocenters. The van der Waals surface area contributed by atoms with Crippen molar-refractivity contribution in [2.24, 2.45) is 0 Å². The quantitative estimate of drug-likeness (QED) is 0.747. The van der Waals surface area contributed by atoms with Gasteiger partial charge in [-0.05, 0) is 31.9 Å². The van der Waals surface area contributed by atoms with Crippen LogP contribution in [0.25, 0.3) is 10.2 Å². The van der Waals surface area contributed by atoms with E-state index in [1.165, 1.54) is 27.6 Å². The molecule has 2 aliphatic rings. The molecule has 0 aromatic carbocycles. The van der Waals surface area contributed by atoms with Crippen LogP contribution in [0.4, 0.5) is 0 Å². The monoisotopic (exact) mass is 391 g/mol. The van der Waals surface area contributed by atoms with Gasteiger partial charge < -0.3 is 9.64 Å². The molecule has 146 valence electrons. The Hall–Kier alpha value is -1.93. The number of esters is 1. The topological polar surface area (TPSA) is 73.5 Å². The van der Waals surface area contributed by atoms with Crippen LogP contribution in [0.1, 0.15) is 48.6 Å².